The topological polar surface area (TPSA) is 47.4 Å². The Morgan fingerprint density at radius 3 is 2.50 bits per heavy atom. The molecule has 0 unspecified atom stereocenters. The number of hydrogen-bond acceptors (Lipinski definition) is 3. The molecule has 0 aliphatic carbocycles. The summed E-state index contributed by atoms with van der Waals surface area (Å²) >= 11 is 0. The van der Waals surface area contributed by atoms with Gasteiger partial charge in [0.2, 0.25) is 0 Å². The highest BCUT2D eigenvalue weighted by atomic mass is 19.3. The number of benzene rings is 2. The van der Waals surface area contributed by atoms with E-state index in [0.29, 0.717) is 33.2 Å². The third kappa shape index (κ3) is 4.19. The summed E-state index contributed by atoms with van der Waals surface area (Å²) < 4.78 is 75.3. The molecule has 3 aromatic rings. The number of ether oxygens (including phenoxy) is 1. The number of alkyl halides is 4. The van der Waals surface area contributed by atoms with Crippen LogP contribution in [0.5, 0.6) is 0 Å². The zero-order chi connectivity index (χ0) is 23.0. The van der Waals surface area contributed by atoms with Crippen molar-refractivity contribution in [2.75, 3.05) is 26.3 Å². The highest BCUT2D eigenvalue weighted by molar-refractivity contribution is 5.96. The molecule has 4 rings (SSSR count). The van der Waals surface area contributed by atoms with Crippen LogP contribution >= 0.6 is 0 Å². The second kappa shape index (κ2) is 8.50. The predicted octanol–water partition coefficient (Wildman–Crippen LogP) is 4.69. The first-order chi connectivity index (χ1) is 15.2. The van der Waals surface area contributed by atoms with Crippen molar-refractivity contribution in [2.45, 2.75) is 25.8 Å². The van der Waals surface area contributed by atoms with Gasteiger partial charge in [-0.1, -0.05) is 18.2 Å². The Hall–Kier alpha value is -3.01. The van der Waals surface area contributed by atoms with Gasteiger partial charge < -0.3 is 14.2 Å². The van der Waals surface area contributed by atoms with Crippen LogP contribution < -0.4 is 0 Å². The number of carbonyl (C=O) groups excluding carboxylic acids is 1. The number of nitrogens with zero attached hydrogens (tertiary/aromatic N) is 3. The van der Waals surface area contributed by atoms with Gasteiger partial charge in [0, 0.05) is 36.7 Å². The molecule has 32 heavy (non-hydrogen) atoms. The Labute approximate surface area is 180 Å². The van der Waals surface area contributed by atoms with E-state index in [-0.39, 0.29) is 33.6 Å². The summed E-state index contributed by atoms with van der Waals surface area (Å²) in [5.74, 6) is -5.38. The number of carbonyl (C=O) groups is 1. The molecule has 0 saturated carbocycles. The third-order valence-corrected chi connectivity index (χ3v) is 5.30. The maximum atomic E-state index is 15.0. The minimum atomic E-state index is -3.47. The molecule has 0 atom stereocenters. The number of para-hydroxylation sites is 1. The monoisotopic (exact) mass is 453 g/mol. The standard InChI is InChI=1S/C22H20F5N3O2/c1-22(26,27)21-28-19-15(3-2-4-17(19)30(21)12-18(24)25)14-6-5-13(11-16(14)23)20(31)29-7-9-32-10-8-29/h2-6,11,18H,7-10,12H2,1H3. The molecule has 1 aliphatic rings. The Morgan fingerprint density at radius 2 is 1.88 bits per heavy atom. The summed E-state index contributed by atoms with van der Waals surface area (Å²) in [6.07, 6.45) is -2.88. The maximum absolute atomic E-state index is 15.0. The molecular weight excluding hydrogens is 433 g/mol. The van der Waals surface area contributed by atoms with Gasteiger partial charge in [-0.25, -0.2) is 18.2 Å². The first kappa shape index (κ1) is 22.2. The van der Waals surface area contributed by atoms with E-state index in [1.165, 1.54) is 30.3 Å². The zero-order valence-electron chi connectivity index (χ0n) is 17.1. The smallest absolute Gasteiger partial charge is 0.302 e. The van der Waals surface area contributed by atoms with Crippen molar-refractivity contribution in [1.29, 1.82) is 0 Å². The number of fused-ring (bicyclic) bond motifs is 1. The number of imidazole rings is 1. The Balaban J connectivity index is 1.78. The molecule has 1 fully saturated rings. The molecular formula is C22H20F5N3O2. The fourth-order valence-corrected chi connectivity index (χ4v) is 3.84. The van der Waals surface area contributed by atoms with Gasteiger partial charge >= 0.3 is 5.92 Å². The van der Waals surface area contributed by atoms with E-state index < -0.39 is 30.5 Å². The number of morpholine rings is 1. The molecule has 10 heteroatoms. The highest BCUT2D eigenvalue weighted by Gasteiger charge is 2.33. The molecule has 2 aromatic carbocycles. The summed E-state index contributed by atoms with van der Waals surface area (Å²) in [4.78, 5) is 18.1. The van der Waals surface area contributed by atoms with Gasteiger partial charge in [-0.3, -0.25) is 4.79 Å². The normalized spacial score (nSPS) is 15.0. The van der Waals surface area contributed by atoms with Gasteiger partial charge in [0.15, 0.2) is 5.82 Å². The minimum Gasteiger partial charge on any atom is -0.378 e. The van der Waals surface area contributed by atoms with E-state index >= 15 is 4.39 Å². The number of rotatable bonds is 5. The molecule has 0 N–H and O–H groups in total. The number of amides is 1. The van der Waals surface area contributed by atoms with Gasteiger partial charge in [0.05, 0.1) is 30.8 Å². The number of aromatic nitrogens is 2. The SMILES string of the molecule is CC(F)(F)c1nc2c(-c3ccc(C(=O)N4CCOCC4)cc3F)cccc2n1CC(F)F. The maximum Gasteiger partial charge on any atom is 0.302 e. The van der Waals surface area contributed by atoms with Gasteiger partial charge in [0.25, 0.3) is 12.3 Å². The first-order valence-corrected chi connectivity index (χ1v) is 9.99. The minimum absolute atomic E-state index is 0.0177. The molecule has 1 saturated heterocycles. The Kier molecular flexibility index (Phi) is 5.89. The Morgan fingerprint density at radius 1 is 1.16 bits per heavy atom. The number of hydrogen-bond donors (Lipinski definition) is 0. The zero-order valence-corrected chi connectivity index (χ0v) is 17.1. The van der Waals surface area contributed by atoms with Crippen LogP contribution in [-0.4, -0.2) is 53.1 Å². The van der Waals surface area contributed by atoms with Gasteiger partial charge in [-0.05, 0) is 18.2 Å². The lowest BCUT2D eigenvalue weighted by molar-refractivity contribution is 0.00166. The second-order valence-corrected chi connectivity index (χ2v) is 7.60. The van der Waals surface area contributed by atoms with Crippen LogP contribution in [0.25, 0.3) is 22.2 Å². The molecule has 1 aromatic heterocycles. The lowest BCUT2D eigenvalue weighted by atomic mass is 10.0. The fraction of sp³-hybridized carbons (Fsp3) is 0.364. The molecule has 1 amide bonds. The summed E-state index contributed by atoms with van der Waals surface area (Å²) in [5.41, 5.74) is 0.373. The largest absolute Gasteiger partial charge is 0.378 e. The van der Waals surface area contributed by atoms with Crippen LogP contribution in [0, 0.1) is 5.82 Å². The van der Waals surface area contributed by atoms with Crippen molar-refractivity contribution in [3.63, 3.8) is 0 Å². The van der Waals surface area contributed by atoms with Gasteiger partial charge in [-0.15, -0.1) is 0 Å². The average Bonchev–Trinajstić information content (AvgIpc) is 3.12. The number of halogens is 5. The molecule has 5 nitrogen and oxygen atoms in total. The average molecular weight is 453 g/mol. The van der Waals surface area contributed by atoms with E-state index in [2.05, 4.69) is 4.98 Å². The fourth-order valence-electron chi connectivity index (χ4n) is 3.84. The summed E-state index contributed by atoms with van der Waals surface area (Å²) in [7, 11) is 0. The molecule has 0 spiro atoms. The van der Waals surface area contributed by atoms with Crippen LogP contribution in [0.1, 0.15) is 23.1 Å². The molecule has 1 aliphatic heterocycles. The predicted molar refractivity (Wildman–Crippen MR) is 107 cm³/mol. The van der Waals surface area contributed by atoms with Crippen molar-refractivity contribution in [3.05, 3.63) is 53.6 Å². The third-order valence-electron chi connectivity index (χ3n) is 5.30. The highest BCUT2D eigenvalue weighted by Crippen LogP contribution is 2.35. The van der Waals surface area contributed by atoms with E-state index in [1.807, 2.05) is 0 Å². The van der Waals surface area contributed by atoms with Crippen molar-refractivity contribution in [3.8, 4) is 11.1 Å². The summed E-state index contributed by atoms with van der Waals surface area (Å²) in [5, 5.41) is 0. The molecule has 170 valence electrons. The quantitative estimate of drug-likeness (QED) is 0.527. The summed E-state index contributed by atoms with van der Waals surface area (Å²) in [6, 6.07) is 8.22. The lowest BCUT2D eigenvalue weighted by Gasteiger charge is -2.27. The van der Waals surface area contributed by atoms with E-state index in [9.17, 15) is 22.4 Å². The first-order valence-electron chi connectivity index (χ1n) is 9.99. The van der Waals surface area contributed by atoms with Crippen molar-refractivity contribution in [2.24, 2.45) is 0 Å². The second-order valence-electron chi connectivity index (χ2n) is 7.60. The van der Waals surface area contributed by atoms with Crippen molar-refractivity contribution < 1.29 is 31.5 Å². The van der Waals surface area contributed by atoms with E-state index in [4.69, 9.17) is 4.74 Å². The van der Waals surface area contributed by atoms with Crippen molar-refractivity contribution in [1.82, 2.24) is 14.5 Å². The molecule has 2 heterocycles. The van der Waals surface area contributed by atoms with Crippen molar-refractivity contribution >= 4 is 16.9 Å². The van der Waals surface area contributed by atoms with E-state index in [0.717, 1.165) is 10.6 Å². The van der Waals surface area contributed by atoms with Crippen LogP contribution in [0.4, 0.5) is 22.0 Å². The Bertz CT molecular complexity index is 1150. The van der Waals surface area contributed by atoms with E-state index in [1.54, 1.807) is 4.90 Å². The van der Waals surface area contributed by atoms with Gasteiger partial charge in [0.1, 0.15) is 5.82 Å². The van der Waals surface area contributed by atoms with Crippen LogP contribution in [0.15, 0.2) is 36.4 Å². The van der Waals surface area contributed by atoms with Gasteiger partial charge in [-0.2, -0.15) is 8.78 Å². The van der Waals surface area contributed by atoms with Crippen LogP contribution in [-0.2, 0) is 17.2 Å². The summed E-state index contributed by atoms with van der Waals surface area (Å²) in [6.45, 7) is 1.21. The lowest BCUT2D eigenvalue weighted by Crippen LogP contribution is -2.40. The molecule has 0 radical (unpaired) electrons. The molecule has 0 bridgehead atoms. The van der Waals surface area contributed by atoms with Crippen LogP contribution in [0.2, 0.25) is 0 Å². The van der Waals surface area contributed by atoms with Crippen LogP contribution in [0.3, 0.4) is 0 Å².